The lowest BCUT2D eigenvalue weighted by Gasteiger charge is -2.23. The molecule has 0 saturated carbocycles. The van der Waals surface area contributed by atoms with Gasteiger partial charge in [-0.05, 0) is 11.6 Å². The summed E-state index contributed by atoms with van der Waals surface area (Å²) < 4.78 is 0. The third-order valence-corrected chi connectivity index (χ3v) is 4.29. The van der Waals surface area contributed by atoms with Crippen LogP contribution in [0, 0.1) is 0 Å². The molecule has 1 aliphatic heterocycles. The molecule has 2 rings (SSSR count). The maximum Gasteiger partial charge on any atom is 0.231 e. The van der Waals surface area contributed by atoms with Gasteiger partial charge in [0.25, 0.3) is 0 Å². The second kappa shape index (κ2) is 6.08. The molecule has 0 aromatic heterocycles. The first-order chi connectivity index (χ1) is 9.06. The third-order valence-electron chi connectivity index (χ3n) is 3.04. The third kappa shape index (κ3) is 3.71. The standard InChI is InChI=1S/C13H17N3O2S/c14-12(17)6-16(7-13(15)18)5-9-8-19-11-4-2-1-3-10(9)11/h1-4,9H,5-8H2,(H2,14,17)(H2,15,18). The predicted octanol–water partition coefficient (Wildman–Crippen LogP) is 0.149. The molecule has 19 heavy (non-hydrogen) atoms. The van der Waals surface area contributed by atoms with Gasteiger partial charge in [0.05, 0.1) is 13.1 Å². The van der Waals surface area contributed by atoms with Crippen LogP contribution >= 0.6 is 11.8 Å². The van der Waals surface area contributed by atoms with Gasteiger partial charge in [0.15, 0.2) is 0 Å². The summed E-state index contributed by atoms with van der Waals surface area (Å²) in [5.74, 6) is 0.369. The highest BCUT2D eigenvalue weighted by molar-refractivity contribution is 7.99. The van der Waals surface area contributed by atoms with Crippen molar-refractivity contribution in [1.82, 2.24) is 4.90 Å². The summed E-state index contributed by atoms with van der Waals surface area (Å²) in [5, 5.41) is 0. The van der Waals surface area contributed by atoms with Gasteiger partial charge in [-0.25, -0.2) is 0 Å². The SMILES string of the molecule is NC(=O)CN(CC(N)=O)CC1CSc2ccccc21. The van der Waals surface area contributed by atoms with E-state index in [1.165, 1.54) is 10.5 Å². The van der Waals surface area contributed by atoms with Gasteiger partial charge < -0.3 is 11.5 Å². The van der Waals surface area contributed by atoms with Gasteiger partial charge in [-0.15, -0.1) is 11.8 Å². The lowest BCUT2D eigenvalue weighted by Crippen LogP contribution is -2.41. The fraction of sp³-hybridized carbons (Fsp3) is 0.385. The van der Waals surface area contributed by atoms with Gasteiger partial charge in [-0.3, -0.25) is 14.5 Å². The Labute approximate surface area is 116 Å². The molecular formula is C13H17N3O2S. The first kappa shape index (κ1) is 13.9. The minimum Gasteiger partial charge on any atom is -0.369 e. The molecule has 0 radical (unpaired) electrons. The molecule has 4 N–H and O–H groups in total. The number of hydrogen-bond donors (Lipinski definition) is 2. The second-order valence-corrected chi connectivity index (χ2v) is 5.71. The zero-order valence-electron chi connectivity index (χ0n) is 10.5. The van der Waals surface area contributed by atoms with E-state index in [2.05, 4.69) is 12.1 Å². The number of nitrogens with zero attached hydrogens (tertiary/aromatic N) is 1. The number of hydrogen-bond acceptors (Lipinski definition) is 4. The summed E-state index contributed by atoms with van der Waals surface area (Å²) in [6, 6.07) is 8.20. The van der Waals surface area contributed by atoms with Crippen molar-refractivity contribution in [3.8, 4) is 0 Å². The first-order valence-corrected chi connectivity index (χ1v) is 7.05. The average Bonchev–Trinajstić information content (AvgIpc) is 2.71. The molecule has 102 valence electrons. The van der Waals surface area contributed by atoms with Crippen LogP contribution in [-0.2, 0) is 9.59 Å². The number of nitrogens with two attached hydrogens (primary N) is 2. The van der Waals surface area contributed by atoms with Crippen molar-refractivity contribution in [3.63, 3.8) is 0 Å². The molecule has 5 nitrogen and oxygen atoms in total. The van der Waals surface area contributed by atoms with Crippen LogP contribution in [0.2, 0.25) is 0 Å². The van der Waals surface area contributed by atoms with Crippen LogP contribution in [0.25, 0.3) is 0 Å². The molecule has 2 amide bonds. The summed E-state index contributed by atoms with van der Waals surface area (Å²) in [6.45, 7) is 0.744. The molecule has 1 aliphatic rings. The van der Waals surface area contributed by atoms with Crippen molar-refractivity contribution in [2.24, 2.45) is 11.5 Å². The number of primary amides is 2. The highest BCUT2D eigenvalue weighted by Gasteiger charge is 2.25. The summed E-state index contributed by atoms with van der Waals surface area (Å²) in [5.41, 5.74) is 11.7. The highest BCUT2D eigenvalue weighted by Crippen LogP contribution is 2.39. The van der Waals surface area contributed by atoms with E-state index in [-0.39, 0.29) is 13.1 Å². The number of carbonyl (C=O) groups excluding carboxylic acids is 2. The summed E-state index contributed by atoms with van der Waals surface area (Å²) in [4.78, 5) is 25.1. The molecule has 0 fully saturated rings. The Kier molecular flexibility index (Phi) is 4.44. The first-order valence-electron chi connectivity index (χ1n) is 6.07. The van der Waals surface area contributed by atoms with E-state index in [4.69, 9.17) is 11.5 Å². The zero-order chi connectivity index (χ0) is 13.8. The number of carbonyl (C=O) groups is 2. The van der Waals surface area contributed by atoms with Crippen LogP contribution in [0.1, 0.15) is 11.5 Å². The fourth-order valence-electron chi connectivity index (χ4n) is 2.32. The smallest absolute Gasteiger partial charge is 0.231 e. The van der Waals surface area contributed by atoms with Crippen LogP contribution in [-0.4, -0.2) is 42.1 Å². The van der Waals surface area contributed by atoms with Gasteiger partial charge in [0, 0.05) is 23.1 Å². The fourth-order valence-corrected chi connectivity index (χ4v) is 3.56. The number of fused-ring (bicyclic) bond motifs is 1. The Balaban J connectivity index is 2.05. The average molecular weight is 279 g/mol. The molecule has 6 heteroatoms. The van der Waals surface area contributed by atoms with Gasteiger partial charge in [0.1, 0.15) is 0 Å². The van der Waals surface area contributed by atoms with Crippen molar-refractivity contribution in [1.29, 1.82) is 0 Å². The lowest BCUT2D eigenvalue weighted by molar-refractivity contribution is -0.121. The summed E-state index contributed by atoms with van der Waals surface area (Å²) in [6.07, 6.45) is 0. The molecule has 0 spiro atoms. The number of amides is 2. The minimum atomic E-state index is -0.444. The van der Waals surface area contributed by atoms with Crippen molar-refractivity contribution >= 4 is 23.6 Å². The molecule has 1 aromatic carbocycles. The Morgan fingerprint density at radius 1 is 1.21 bits per heavy atom. The van der Waals surface area contributed by atoms with Crippen LogP contribution in [0.3, 0.4) is 0 Å². The van der Waals surface area contributed by atoms with Crippen molar-refractivity contribution in [2.45, 2.75) is 10.8 Å². The van der Waals surface area contributed by atoms with Crippen molar-refractivity contribution in [3.05, 3.63) is 29.8 Å². The normalized spacial score (nSPS) is 17.4. The molecule has 1 aromatic rings. The summed E-state index contributed by atoms with van der Waals surface area (Å²) in [7, 11) is 0. The van der Waals surface area contributed by atoms with Gasteiger partial charge in [0.2, 0.25) is 11.8 Å². The van der Waals surface area contributed by atoms with Gasteiger partial charge >= 0.3 is 0 Å². The van der Waals surface area contributed by atoms with Gasteiger partial charge in [-0.2, -0.15) is 0 Å². The van der Waals surface area contributed by atoms with E-state index in [1.54, 1.807) is 16.7 Å². The topological polar surface area (TPSA) is 89.4 Å². The van der Waals surface area contributed by atoms with Crippen LogP contribution in [0.5, 0.6) is 0 Å². The molecule has 1 heterocycles. The lowest BCUT2D eigenvalue weighted by atomic mass is 10.0. The molecule has 1 unspecified atom stereocenters. The van der Waals surface area contributed by atoms with Crippen LogP contribution in [0.4, 0.5) is 0 Å². The zero-order valence-corrected chi connectivity index (χ0v) is 11.4. The maximum atomic E-state index is 11.0. The maximum absolute atomic E-state index is 11.0. The number of benzene rings is 1. The second-order valence-electron chi connectivity index (χ2n) is 4.65. The molecule has 1 atom stereocenters. The molecule has 0 aliphatic carbocycles. The quantitative estimate of drug-likeness (QED) is 0.775. The van der Waals surface area contributed by atoms with Crippen molar-refractivity contribution in [2.75, 3.05) is 25.4 Å². The van der Waals surface area contributed by atoms with E-state index < -0.39 is 11.8 Å². The van der Waals surface area contributed by atoms with Crippen molar-refractivity contribution < 1.29 is 9.59 Å². The van der Waals surface area contributed by atoms with E-state index in [1.807, 2.05) is 12.1 Å². The predicted molar refractivity (Wildman–Crippen MR) is 74.7 cm³/mol. The molecule has 0 saturated heterocycles. The Morgan fingerprint density at radius 2 is 1.84 bits per heavy atom. The van der Waals surface area contributed by atoms with E-state index in [9.17, 15) is 9.59 Å². The highest BCUT2D eigenvalue weighted by atomic mass is 32.2. The molecular weight excluding hydrogens is 262 g/mol. The largest absolute Gasteiger partial charge is 0.369 e. The Hall–Kier alpha value is -1.53. The monoisotopic (exact) mass is 279 g/mol. The molecule has 0 bridgehead atoms. The van der Waals surface area contributed by atoms with E-state index in [0.29, 0.717) is 12.5 Å². The van der Waals surface area contributed by atoms with Gasteiger partial charge in [-0.1, -0.05) is 18.2 Å². The minimum absolute atomic E-state index is 0.0618. The number of thioether (sulfide) groups is 1. The van der Waals surface area contributed by atoms with Crippen LogP contribution in [0.15, 0.2) is 29.2 Å². The Bertz CT molecular complexity index is 477. The van der Waals surface area contributed by atoms with Crippen LogP contribution < -0.4 is 11.5 Å². The number of rotatable bonds is 6. The van der Waals surface area contributed by atoms with E-state index >= 15 is 0 Å². The Morgan fingerprint density at radius 3 is 2.47 bits per heavy atom. The summed E-state index contributed by atoms with van der Waals surface area (Å²) >= 11 is 1.80. The van der Waals surface area contributed by atoms with E-state index in [0.717, 1.165) is 5.75 Å².